The number of likely N-dealkylation sites (tertiary alicyclic amines) is 1. The number of rotatable bonds is 5. The van der Waals surface area contributed by atoms with Crippen LogP contribution in [0.2, 0.25) is 0 Å². The number of benzene rings is 2. The van der Waals surface area contributed by atoms with E-state index < -0.39 is 12.0 Å². The molecule has 1 saturated carbocycles. The number of carbonyl (C=O) groups is 2. The lowest BCUT2D eigenvalue weighted by Gasteiger charge is -2.47. The minimum absolute atomic E-state index is 0.0372. The Bertz CT molecular complexity index is 1160. The summed E-state index contributed by atoms with van der Waals surface area (Å²) < 4.78 is 0. The molecule has 1 amide bonds. The van der Waals surface area contributed by atoms with Crippen molar-refractivity contribution < 1.29 is 14.7 Å². The number of nitrogens with one attached hydrogen (secondary N) is 1. The fourth-order valence-electron chi connectivity index (χ4n) is 6.06. The third-order valence-corrected chi connectivity index (χ3v) is 8.00. The van der Waals surface area contributed by atoms with Crippen LogP contribution in [0.15, 0.2) is 54.7 Å². The average Bonchev–Trinajstić information content (AvgIpc) is 3.24. The van der Waals surface area contributed by atoms with E-state index in [9.17, 15) is 14.7 Å². The van der Waals surface area contributed by atoms with Crippen LogP contribution in [0.5, 0.6) is 0 Å². The summed E-state index contributed by atoms with van der Waals surface area (Å²) in [5.74, 6) is -0.614. The van der Waals surface area contributed by atoms with Gasteiger partial charge in [-0.1, -0.05) is 55.3 Å². The monoisotopic (exact) mass is 462 g/mol. The van der Waals surface area contributed by atoms with Gasteiger partial charge < -0.3 is 15.0 Å². The number of carbonyl (C=O) groups excluding carboxylic acids is 1. The largest absolute Gasteiger partial charge is 0.480 e. The molecule has 1 saturated heterocycles. The van der Waals surface area contributed by atoms with Crippen molar-refractivity contribution in [2.75, 3.05) is 0 Å². The number of fused-ring (bicyclic) bond motifs is 2. The Kier molecular flexibility index (Phi) is 6.25. The van der Waals surface area contributed by atoms with Gasteiger partial charge in [0.1, 0.15) is 6.04 Å². The van der Waals surface area contributed by atoms with Crippen LogP contribution in [0.25, 0.3) is 10.9 Å². The summed E-state index contributed by atoms with van der Waals surface area (Å²) in [6.45, 7) is 0. The number of carboxylic acids is 1. The second-order valence-electron chi connectivity index (χ2n) is 9.56. The second-order valence-corrected chi connectivity index (χ2v) is 10.2. The van der Waals surface area contributed by atoms with E-state index in [2.05, 4.69) is 44.6 Å². The van der Waals surface area contributed by atoms with Gasteiger partial charge in [0.05, 0.1) is 0 Å². The zero-order valence-electron chi connectivity index (χ0n) is 18.7. The Morgan fingerprint density at radius 2 is 1.85 bits per heavy atom. The van der Waals surface area contributed by atoms with E-state index in [0.29, 0.717) is 12.3 Å². The van der Waals surface area contributed by atoms with E-state index in [0.717, 1.165) is 53.0 Å². The Labute approximate surface area is 196 Å². The summed E-state index contributed by atoms with van der Waals surface area (Å²) in [6, 6.07) is 15.7. The minimum Gasteiger partial charge on any atom is -0.480 e. The van der Waals surface area contributed by atoms with Gasteiger partial charge in [-0.25, -0.2) is 4.79 Å². The zero-order chi connectivity index (χ0) is 22.9. The topological polar surface area (TPSA) is 73.4 Å². The molecule has 0 radical (unpaired) electrons. The summed E-state index contributed by atoms with van der Waals surface area (Å²) >= 11 is 0. The number of nitrogens with zero attached hydrogens (tertiary/aromatic N) is 1. The van der Waals surface area contributed by atoms with E-state index in [-0.39, 0.29) is 24.3 Å². The van der Waals surface area contributed by atoms with Gasteiger partial charge in [0, 0.05) is 35.5 Å². The van der Waals surface area contributed by atoms with Crippen molar-refractivity contribution in [1.82, 2.24) is 9.88 Å². The zero-order valence-corrected chi connectivity index (χ0v) is 19.9. The fraction of sp³-hybridized carbons (Fsp3) is 0.407. The molecule has 1 aliphatic heterocycles. The van der Waals surface area contributed by atoms with Gasteiger partial charge in [-0.05, 0) is 54.1 Å². The number of aromatic nitrogens is 1. The number of hydrogen-bond donors (Lipinski definition) is 2. The van der Waals surface area contributed by atoms with Crippen molar-refractivity contribution in [2.24, 2.45) is 5.92 Å². The predicted molar refractivity (Wildman–Crippen MR) is 134 cm³/mol. The van der Waals surface area contributed by atoms with Crippen molar-refractivity contribution in [3.05, 3.63) is 65.9 Å². The summed E-state index contributed by atoms with van der Waals surface area (Å²) in [7, 11) is 2.72. The van der Waals surface area contributed by atoms with E-state index in [1.807, 2.05) is 24.4 Å². The molecule has 2 heterocycles. The number of aromatic amines is 1. The summed E-state index contributed by atoms with van der Waals surface area (Å²) in [6.07, 6.45) is 8.01. The standard InChI is InChI=1S/C27H31N2O3P/c30-26(29-24-9-5-4-8-18(24)10-13-25(29)27(31)32)15-21(17-6-2-1-3-7-17)22-16-28-23-14-19(33)11-12-20(22)23/h1-3,6-7,11-12,14,16,18,21,24-25,28H,4-5,8-10,13,15,33H2,(H,31,32). The van der Waals surface area contributed by atoms with Crippen LogP contribution >= 0.6 is 9.24 Å². The Morgan fingerprint density at radius 1 is 1.06 bits per heavy atom. The lowest BCUT2D eigenvalue weighted by molar-refractivity contribution is -0.158. The molecule has 2 N–H and O–H groups in total. The highest BCUT2D eigenvalue weighted by Crippen LogP contribution is 2.40. The van der Waals surface area contributed by atoms with Crippen LogP contribution < -0.4 is 5.30 Å². The molecule has 5 atom stereocenters. The minimum atomic E-state index is -0.872. The number of piperidine rings is 1. The molecule has 0 bridgehead atoms. The molecule has 172 valence electrons. The molecule has 6 heteroatoms. The van der Waals surface area contributed by atoms with Crippen molar-refractivity contribution in [2.45, 2.75) is 62.9 Å². The molecule has 0 spiro atoms. The van der Waals surface area contributed by atoms with Crippen LogP contribution in [0, 0.1) is 5.92 Å². The van der Waals surface area contributed by atoms with Crippen LogP contribution in [-0.2, 0) is 9.59 Å². The lowest BCUT2D eigenvalue weighted by Crippen LogP contribution is -2.57. The molecule has 5 nitrogen and oxygen atoms in total. The smallest absolute Gasteiger partial charge is 0.326 e. The molecular formula is C27H31N2O3P. The van der Waals surface area contributed by atoms with Gasteiger partial charge in [0.2, 0.25) is 5.91 Å². The average molecular weight is 463 g/mol. The fourth-order valence-corrected chi connectivity index (χ4v) is 6.32. The number of carboxylic acid groups (broad SMARTS) is 1. The third kappa shape index (κ3) is 4.31. The highest BCUT2D eigenvalue weighted by Gasteiger charge is 2.44. The lowest BCUT2D eigenvalue weighted by atomic mass is 9.75. The second kappa shape index (κ2) is 9.30. The predicted octanol–water partition coefficient (Wildman–Crippen LogP) is 4.82. The molecule has 5 rings (SSSR count). The van der Waals surface area contributed by atoms with Gasteiger partial charge >= 0.3 is 5.97 Å². The first kappa shape index (κ1) is 22.2. The molecule has 1 aromatic heterocycles. The highest BCUT2D eigenvalue weighted by molar-refractivity contribution is 7.27. The maximum atomic E-state index is 13.9. The van der Waals surface area contributed by atoms with E-state index in [1.165, 1.54) is 6.42 Å². The quantitative estimate of drug-likeness (QED) is 0.534. The summed E-state index contributed by atoms with van der Waals surface area (Å²) in [5, 5.41) is 12.2. The van der Waals surface area contributed by atoms with Crippen LogP contribution in [-0.4, -0.2) is 39.0 Å². The van der Waals surface area contributed by atoms with Gasteiger partial charge in [0.25, 0.3) is 0 Å². The van der Waals surface area contributed by atoms with Crippen LogP contribution in [0.1, 0.15) is 62.0 Å². The van der Waals surface area contributed by atoms with Crippen molar-refractivity contribution in [3.63, 3.8) is 0 Å². The molecule has 5 unspecified atom stereocenters. The van der Waals surface area contributed by atoms with Crippen LogP contribution in [0.3, 0.4) is 0 Å². The highest BCUT2D eigenvalue weighted by atomic mass is 31.0. The Morgan fingerprint density at radius 3 is 2.64 bits per heavy atom. The van der Waals surface area contributed by atoms with Crippen molar-refractivity contribution >= 4 is 37.3 Å². The maximum Gasteiger partial charge on any atom is 0.326 e. The van der Waals surface area contributed by atoms with Gasteiger partial charge in [-0.2, -0.15) is 0 Å². The molecule has 2 fully saturated rings. The van der Waals surface area contributed by atoms with Crippen LogP contribution in [0.4, 0.5) is 0 Å². The SMILES string of the molecule is O=C(O)C1CCC2CCCCC2N1C(=O)CC(c1ccccc1)c1c[nH]c2cc(P)ccc12. The summed E-state index contributed by atoms with van der Waals surface area (Å²) in [4.78, 5) is 31.2. The Hall–Kier alpha value is -2.65. The molecule has 33 heavy (non-hydrogen) atoms. The number of aliphatic carboxylic acids is 1. The first-order valence-electron chi connectivity index (χ1n) is 12.0. The first-order chi connectivity index (χ1) is 16.0. The van der Waals surface area contributed by atoms with Gasteiger partial charge in [-0.3, -0.25) is 4.79 Å². The maximum absolute atomic E-state index is 13.9. The first-order valence-corrected chi connectivity index (χ1v) is 12.6. The molecular weight excluding hydrogens is 431 g/mol. The number of amides is 1. The molecule has 2 aliphatic rings. The summed E-state index contributed by atoms with van der Waals surface area (Å²) in [5.41, 5.74) is 3.20. The van der Waals surface area contributed by atoms with E-state index in [4.69, 9.17) is 0 Å². The van der Waals surface area contributed by atoms with Gasteiger partial charge in [-0.15, -0.1) is 9.24 Å². The van der Waals surface area contributed by atoms with Crippen molar-refractivity contribution in [1.29, 1.82) is 0 Å². The molecule has 1 aliphatic carbocycles. The van der Waals surface area contributed by atoms with E-state index >= 15 is 0 Å². The number of hydrogen-bond acceptors (Lipinski definition) is 2. The van der Waals surface area contributed by atoms with E-state index in [1.54, 1.807) is 4.90 Å². The third-order valence-electron chi connectivity index (χ3n) is 7.64. The normalized spacial score (nSPS) is 23.8. The Balaban J connectivity index is 1.52. The number of H-pyrrole nitrogens is 1. The molecule has 3 aromatic rings. The van der Waals surface area contributed by atoms with Crippen molar-refractivity contribution in [3.8, 4) is 0 Å². The van der Waals surface area contributed by atoms with Gasteiger partial charge in [0.15, 0.2) is 0 Å². The molecule has 2 aromatic carbocycles.